The Kier molecular flexibility index (Phi) is 3.78. The van der Waals surface area contributed by atoms with Gasteiger partial charge in [-0.2, -0.15) is 0 Å². The number of aromatic nitrogens is 2. The van der Waals surface area contributed by atoms with E-state index in [1.165, 1.54) is 12.8 Å². The third-order valence-electron chi connectivity index (χ3n) is 3.24. The van der Waals surface area contributed by atoms with Crippen LogP contribution in [0.15, 0.2) is 12.4 Å². The molecular weight excluding hydrogens is 216 g/mol. The van der Waals surface area contributed by atoms with Gasteiger partial charge in [-0.3, -0.25) is 4.98 Å². The van der Waals surface area contributed by atoms with Crippen molar-refractivity contribution < 1.29 is 5.11 Å². The van der Waals surface area contributed by atoms with E-state index >= 15 is 0 Å². The van der Waals surface area contributed by atoms with Gasteiger partial charge in [-0.15, -0.1) is 0 Å². The van der Waals surface area contributed by atoms with Crippen molar-refractivity contribution in [3.63, 3.8) is 0 Å². The van der Waals surface area contributed by atoms with Crippen LogP contribution < -0.4 is 10.6 Å². The molecule has 0 amide bonds. The SMILES string of the molecule is CCNc1cncc(NCC2(CCO)CC2)n1. The van der Waals surface area contributed by atoms with Crippen LogP contribution in [-0.4, -0.2) is 34.8 Å². The molecule has 1 saturated carbocycles. The predicted octanol–water partition coefficient (Wildman–Crippen LogP) is 1.48. The summed E-state index contributed by atoms with van der Waals surface area (Å²) in [5, 5.41) is 15.4. The first-order chi connectivity index (χ1) is 8.28. The molecule has 0 aromatic carbocycles. The van der Waals surface area contributed by atoms with Crippen LogP contribution >= 0.6 is 0 Å². The zero-order valence-electron chi connectivity index (χ0n) is 10.2. The van der Waals surface area contributed by atoms with Crippen molar-refractivity contribution in [1.29, 1.82) is 0 Å². The Balaban J connectivity index is 1.88. The molecule has 94 valence electrons. The summed E-state index contributed by atoms with van der Waals surface area (Å²) < 4.78 is 0. The largest absolute Gasteiger partial charge is 0.396 e. The van der Waals surface area contributed by atoms with Crippen molar-refractivity contribution in [2.75, 3.05) is 30.3 Å². The first-order valence-corrected chi connectivity index (χ1v) is 6.19. The topological polar surface area (TPSA) is 70.1 Å². The third-order valence-corrected chi connectivity index (χ3v) is 3.24. The van der Waals surface area contributed by atoms with E-state index in [1.54, 1.807) is 12.4 Å². The molecule has 3 N–H and O–H groups in total. The summed E-state index contributed by atoms with van der Waals surface area (Å²) in [6.45, 7) is 4.01. The lowest BCUT2D eigenvalue weighted by atomic mass is 10.0. The Bertz CT molecular complexity index is 365. The fourth-order valence-electron chi connectivity index (χ4n) is 1.92. The molecule has 1 fully saturated rings. The molecule has 1 aliphatic rings. The summed E-state index contributed by atoms with van der Waals surface area (Å²) in [5.74, 6) is 1.59. The highest BCUT2D eigenvalue weighted by molar-refractivity contribution is 5.41. The Labute approximate surface area is 102 Å². The van der Waals surface area contributed by atoms with Gasteiger partial charge in [-0.25, -0.2) is 4.98 Å². The summed E-state index contributed by atoms with van der Waals surface area (Å²) in [5.41, 5.74) is 0.296. The number of rotatable bonds is 7. The van der Waals surface area contributed by atoms with Gasteiger partial charge in [0.05, 0.1) is 12.4 Å². The second-order valence-corrected chi connectivity index (χ2v) is 4.65. The predicted molar refractivity (Wildman–Crippen MR) is 68.1 cm³/mol. The fraction of sp³-hybridized carbons (Fsp3) is 0.667. The first kappa shape index (κ1) is 12.1. The van der Waals surface area contributed by atoms with E-state index < -0.39 is 0 Å². The van der Waals surface area contributed by atoms with E-state index in [0.717, 1.165) is 31.1 Å². The minimum atomic E-state index is 0.269. The maximum atomic E-state index is 8.99. The van der Waals surface area contributed by atoms with Gasteiger partial charge in [-0.05, 0) is 31.6 Å². The lowest BCUT2D eigenvalue weighted by Gasteiger charge is -2.15. The molecule has 0 atom stereocenters. The standard InChI is InChI=1S/C12H20N4O/c1-2-14-10-7-13-8-11(16-10)15-9-12(3-4-12)5-6-17/h7-8,17H,2-6,9H2,1H3,(H2,14,15,16). The maximum absolute atomic E-state index is 8.99. The van der Waals surface area contributed by atoms with Gasteiger partial charge in [0.1, 0.15) is 11.6 Å². The number of aliphatic hydroxyl groups excluding tert-OH is 1. The van der Waals surface area contributed by atoms with Crippen LogP contribution in [0.4, 0.5) is 11.6 Å². The van der Waals surface area contributed by atoms with Crippen LogP contribution in [0.25, 0.3) is 0 Å². The average molecular weight is 236 g/mol. The number of anilines is 2. The summed E-state index contributed by atoms with van der Waals surface area (Å²) in [4.78, 5) is 8.54. The van der Waals surface area contributed by atoms with Gasteiger partial charge in [0.2, 0.25) is 0 Å². The molecule has 5 heteroatoms. The van der Waals surface area contributed by atoms with Crippen LogP contribution in [0.1, 0.15) is 26.2 Å². The molecule has 0 spiro atoms. The molecule has 2 rings (SSSR count). The smallest absolute Gasteiger partial charge is 0.146 e. The van der Waals surface area contributed by atoms with Gasteiger partial charge in [0.25, 0.3) is 0 Å². The van der Waals surface area contributed by atoms with Crippen LogP contribution in [0.5, 0.6) is 0 Å². The fourth-order valence-corrected chi connectivity index (χ4v) is 1.92. The molecule has 0 unspecified atom stereocenters. The van der Waals surface area contributed by atoms with E-state index in [2.05, 4.69) is 20.6 Å². The van der Waals surface area contributed by atoms with E-state index in [-0.39, 0.29) is 6.61 Å². The molecule has 1 heterocycles. The quantitative estimate of drug-likeness (QED) is 0.669. The Morgan fingerprint density at radius 2 is 2.00 bits per heavy atom. The summed E-state index contributed by atoms with van der Waals surface area (Å²) in [6.07, 6.45) is 6.72. The Morgan fingerprint density at radius 3 is 2.59 bits per heavy atom. The molecule has 5 nitrogen and oxygen atoms in total. The second kappa shape index (κ2) is 5.31. The molecule has 17 heavy (non-hydrogen) atoms. The highest BCUT2D eigenvalue weighted by Crippen LogP contribution is 2.48. The van der Waals surface area contributed by atoms with Gasteiger partial charge in [-0.1, -0.05) is 0 Å². The van der Waals surface area contributed by atoms with E-state index in [9.17, 15) is 0 Å². The molecule has 0 bridgehead atoms. The van der Waals surface area contributed by atoms with Crippen molar-refractivity contribution in [1.82, 2.24) is 9.97 Å². The normalized spacial score (nSPS) is 16.6. The number of hydrogen-bond acceptors (Lipinski definition) is 5. The van der Waals surface area contributed by atoms with Gasteiger partial charge >= 0.3 is 0 Å². The maximum Gasteiger partial charge on any atom is 0.146 e. The van der Waals surface area contributed by atoms with Gasteiger partial charge in [0.15, 0.2) is 0 Å². The molecule has 1 aromatic rings. The van der Waals surface area contributed by atoms with Gasteiger partial charge in [0, 0.05) is 19.7 Å². The minimum absolute atomic E-state index is 0.269. The summed E-state index contributed by atoms with van der Waals surface area (Å²) in [6, 6.07) is 0. The lowest BCUT2D eigenvalue weighted by Crippen LogP contribution is -2.17. The van der Waals surface area contributed by atoms with E-state index in [4.69, 9.17) is 5.11 Å². The number of nitrogens with zero attached hydrogens (tertiary/aromatic N) is 2. The van der Waals surface area contributed by atoms with Crippen molar-refractivity contribution in [3.8, 4) is 0 Å². The van der Waals surface area contributed by atoms with Crippen molar-refractivity contribution in [2.24, 2.45) is 5.41 Å². The molecule has 0 saturated heterocycles. The molecule has 0 aliphatic heterocycles. The zero-order valence-corrected chi connectivity index (χ0v) is 10.2. The zero-order chi connectivity index (χ0) is 12.1. The average Bonchev–Trinajstić information content (AvgIpc) is 3.09. The number of aliphatic hydroxyl groups is 1. The first-order valence-electron chi connectivity index (χ1n) is 6.19. The second-order valence-electron chi connectivity index (χ2n) is 4.65. The summed E-state index contributed by atoms with van der Waals surface area (Å²) in [7, 11) is 0. The number of nitrogens with one attached hydrogen (secondary N) is 2. The van der Waals surface area contributed by atoms with Crippen molar-refractivity contribution in [3.05, 3.63) is 12.4 Å². The van der Waals surface area contributed by atoms with Crippen LogP contribution in [0.2, 0.25) is 0 Å². The Hall–Kier alpha value is -1.36. The highest BCUT2D eigenvalue weighted by Gasteiger charge is 2.41. The monoisotopic (exact) mass is 236 g/mol. The lowest BCUT2D eigenvalue weighted by molar-refractivity contribution is 0.253. The summed E-state index contributed by atoms with van der Waals surface area (Å²) >= 11 is 0. The van der Waals surface area contributed by atoms with E-state index in [1.807, 2.05) is 6.92 Å². The minimum Gasteiger partial charge on any atom is -0.396 e. The molecule has 1 aromatic heterocycles. The van der Waals surface area contributed by atoms with Crippen LogP contribution in [-0.2, 0) is 0 Å². The molecule has 0 radical (unpaired) electrons. The van der Waals surface area contributed by atoms with Crippen molar-refractivity contribution in [2.45, 2.75) is 26.2 Å². The highest BCUT2D eigenvalue weighted by atomic mass is 16.3. The Morgan fingerprint density at radius 1 is 1.29 bits per heavy atom. The van der Waals surface area contributed by atoms with E-state index in [0.29, 0.717) is 5.41 Å². The van der Waals surface area contributed by atoms with Gasteiger partial charge < -0.3 is 15.7 Å². The van der Waals surface area contributed by atoms with Crippen LogP contribution in [0, 0.1) is 5.41 Å². The third kappa shape index (κ3) is 3.30. The number of hydrogen-bond donors (Lipinski definition) is 3. The van der Waals surface area contributed by atoms with Crippen molar-refractivity contribution >= 4 is 11.6 Å². The van der Waals surface area contributed by atoms with Crippen LogP contribution in [0.3, 0.4) is 0 Å². The molecule has 1 aliphatic carbocycles. The molecular formula is C12H20N4O.